The number of rotatable bonds is 10. The Bertz CT molecular complexity index is 3060. The molecule has 13 heteroatoms. The summed E-state index contributed by atoms with van der Waals surface area (Å²) in [6, 6.07) is 45.0. The number of hydrogen-bond donors (Lipinski definition) is 0. The first-order chi connectivity index (χ1) is 31.0. The SMILES string of the molecule is CC(C)(C)c1ccc([S+](c2ccc(C(C)(C)C)cc2)c2ccc(C(C)(C)C)cc2)cc1.Cc1ccc(S(=O)(=O)Oc2cc3ccc(S(=O)(=O)[O-])cc3cc2OS(=O)(=O)c2ccc(C)cc2)cc1. The van der Waals surface area contributed by atoms with Gasteiger partial charge in [-0.3, -0.25) is 0 Å². The van der Waals surface area contributed by atoms with Gasteiger partial charge in [-0.2, -0.15) is 16.8 Å². The van der Waals surface area contributed by atoms with Crippen molar-refractivity contribution in [3.63, 3.8) is 0 Å². The van der Waals surface area contributed by atoms with Crippen molar-refractivity contribution in [3.05, 3.63) is 179 Å². The average molecular weight is 979 g/mol. The molecule has 0 radical (unpaired) electrons. The highest BCUT2D eigenvalue weighted by Crippen LogP contribution is 2.38. The van der Waals surface area contributed by atoms with Gasteiger partial charge < -0.3 is 12.9 Å². The van der Waals surface area contributed by atoms with Crippen molar-refractivity contribution in [2.45, 2.75) is 122 Å². The van der Waals surface area contributed by atoms with Crippen LogP contribution in [-0.2, 0) is 57.5 Å². The molecule has 352 valence electrons. The molecule has 7 aromatic rings. The fraction of sp³-hybridized carbons (Fsp3) is 0.259. The van der Waals surface area contributed by atoms with Gasteiger partial charge in [0.25, 0.3) is 0 Å². The van der Waals surface area contributed by atoms with Crippen LogP contribution in [0.3, 0.4) is 0 Å². The molecule has 0 saturated carbocycles. The third-order valence-corrected chi connectivity index (χ3v) is 16.6. The maximum Gasteiger partial charge on any atom is 0.339 e. The van der Waals surface area contributed by atoms with E-state index in [0.717, 1.165) is 29.3 Å². The Balaban J connectivity index is 0.000000224. The minimum absolute atomic E-state index is 0.112. The highest BCUT2D eigenvalue weighted by Gasteiger charge is 2.31. The lowest BCUT2D eigenvalue weighted by Crippen LogP contribution is -2.14. The molecule has 0 aliphatic rings. The number of benzene rings is 7. The smallest absolute Gasteiger partial charge is 0.339 e. The second-order valence-corrected chi connectivity index (χ2v) is 26.1. The summed E-state index contributed by atoms with van der Waals surface area (Å²) >= 11 is 0. The molecule has 0 N–H and O–H groups in total. The first-order valence-corrected chi connectivity index (χ1v) is 27.1. The van der Waals surface area contributed by atoms with Crippen LogP contribution in [0.1, 0.15) is 90.1 Å². The normalized spacial score (nSPS) is 12.7. The Morgan fingerprint density at radius 2 is 0.687 bits per heavy atom. The fourth-order valence-electron chi connectivity index (χ4n) is 6.94. The van der Waals surface area contributed by atoms with Gasteiger partial charge in [-0.05, 0) is 142 Å². The molecular weight excluding hydrogens is 921 g/mol. The van der Waals surface area contributed by atoms with Crippen LogP contribution >= 0.6 is 0 Å². The van der Waals surface area contributed by atoms with E-state index in [1.54, 1.807) is 38.1 Å². The lowest BCUT2D eigenvalue weighted by atomic mass is 9.87. The summed E-state index contributed by atoms with van der Waals surface area (Å²) < 4.78 is 96.5. The highest BCUT2D eigenvalue weighted by molar-refractivity contribution is 7.97. The molecule has 0 aromatic heterocycles. The van der Waals surface area contributed by atoms with Crippen molar-refractivity contribution >= 4 is 52.0 Å². The number of fused-ring (bicyclic) bond motifs is 1. The van der Waals surface area contributed by atoms with Gasteiger partial charge in [-0.1, -0.05) is 140 Å². The highest BCUT2D eigenvalue weighted by atomic mass is 32.2. The van der Waals surface area contributed by atoms with Crippen LogP contribution < -0.4 is 8.37 Å². The minimum Gasteiger partial charge on any atom is -0.744 e. The molecule has 67 heavy (non-hydrogen) atoms. The van der Waals surface area contributed by atoms with Crippen molar-refractivity contribution in [1.82, 2.24) is 0 Å². The van der Waals surface area contributed by atoms with Crippen LogP contribution in [0, 0.1) is 13.8 Å². The Morgan fingerprint density at radius 3 is 0.985 bits per heavy atom. The van der Waals surface area contributed by atoms with Crippen molar-refractivity contribution < 1.29 is 38.2 Å². The van der Waals surface area contributed by atoms with Crippen LogP contribution in [0.4, 0.5) is 0 Å². The Labute approximate surface area is 400 Å². The molecule has 0 aliphatic carbocycles. The summed E-state index contributed by atoms with van der Waals surface area (Å²) in [5.41, 5.74) is 6.26. The third kappa shape index (κ3) is 12.8. The van der Waals surface area contributed by atoms with E-state index in [-0.39, 0.29) is 47.7 Å². The van der Waals surface area contributed by atoms with Gasteiger partial charge in [0.1, 0.15) is 19.9 Å². The van der Waals surface area contributed by atoms with Crippen molar-refractivity contribution in [2.24, 2.45) is 0 Å². The predicted molar refractivity (Wildman–Crippen MR) is 267 cm³/mol. The molecule has 0 amide bonds. The van der Waals surface area contributed by atoms with Crippen LogP contribution in [0.5, 0.6) is 11.5 Å². The zero-order chi connectivity index (χ0) is 49.3. The maximum absolute atomic E-state index is 12.9. The van der Waals surface area contributed by atoms with E-state index in [2.05, 4.69) is 135 Å². The minimum atomic E-state index is -4.80. The average Bonchev–Trinajstić information content (AvgIpc) is 3.23. The quantitative estimate of drug-likeness (QED) is 0.0743. The van der Waals surface area contributed by atoms with E-state index in [0.29, 0.717) is 0 Å². The second kappa shape index (κ2) is 19.3. The molecule has 7 rings (SSSR count). The number of aryl methyl sites for hydroxylation is 2. The largest absolute Gasteiger partial charge is 0.744 e. The summed E-state index contributed by atoms with van der Waals surface area (Å²) in [5, 5.41) is 0.387. The van der Waals surface area contributed by atoms with Gasteiger partial charge in [0.05, 0.1) is 15.8 Å². The van der Waals surface area contributed by atoms with E-state index in [1.807, 2.05) is 0 Å². The van der Waals surface area contributed by atoms with Crippen LogP contribution in [0.25, 0.3) is 10.8 Å². The first kappa shape index (κ1) is 51.0. The maximum atomic E-state index is 12.9. The molecule has 0 fully saturated rings. The second-order valence-electron chi connectivity index (χ2n) is 19.6. The predicted octanol–water partition coefficient (Wildman–Crippen LogP) is 12.6. The Kier molecular flexibility index (Phi) is 14.7. The summed E-state index contributed by atoms with van der Waals surface area (Å²) in [4.78, 5) is 3.20. The monoisotopic (exact) mass is 978 g/mol. The molecule has 0 heterocycles. The van der Waals surface area contributed by atoms with Crippen molar-refractivity contribution in [3.8, 4) is 11.5 Å². The standard InChI is InChI=1S/C30H39S.C24H20O9S3/c1-28(2,3)22-10-16-25(17-11-22)31(26-18-12-23(13-19-26)29(4,5)6)27-20-14-24(15-21-27)30(7,8)9;1-16-3-8-20(9-4-16)35(28,29)32-23-14-18-7-12-22(34(25,26)27)13-19(18)15-24(23)33-36(30,31)21-10-5-17(2)6-11-21/h10-21H,1-9H3;3-15H,1-2H3,(H,25,26,27)/q+1;/p-1. The Morgan fingerprint density at radius 1 is 0.388 bits per heavy atom. The first-order valence-electron chi connectivity index (χ1n) is 21.6. The lowest BCUT2D eigenvalue weighted by Gasteiger charge is -2.21. The van der Waals surface area contributed by atoms with Gasteiger partial charge in [-0.15, -0.1) is 0 Å². The van der Waals surface area contributed by atoms with Gasteiger partial charge >= 0.3 is 20.2 Å². The zero-order valence-corrected chi connectivity index (χ0v) is 43.0. The molecule has 7 aromatic carbocycles. The molecule has 0 spiro atoms. The van der Waals surface area contributed by atoms with Crippen molar-refractivity contribution in [2.75, 3.05) is 0 Å². The molecule has 0 atom stereocenters. The van der Waals surface area contributed by atoms with Gasteiger partial charge in [0.2, 0.25) is 0 Å². The van der Waals surface area contributed by atoms with Crippen LogP contribution in [-0.4, -0.2) is 29.8 Å². The van der Waals surface area contributed by atoms with E-state index >= 15 is 0 Å². The van der Waals surface area contributed by atoms with Gasteiger partial charge in [0.15, 0.2) is 26.2 Å². The molecule has 0 aliphatic heterocycles. The van der Waals surface area contributed by atoms with E-state index in [4.69, 9.17) is 8.37 Å². The lowest BCUT2D eigenvalue weighted by molar-refractivity contribution is 0.450. The molecule has 0 unspecified atom stereocenters. The number of hydrogen-bond acceptors (Lipinski definition) is 9. The summed E-state index contributed by atoms with van der Waals surface area (Å²) in [6.07, 6.45) is 0. The zero-order valence-electron chi connectivity index (χ0n) is 39.7. The molecule has 9 nitrogen and oxygen atoms in total. The Hall–Kier alpha value is -5.44. The summed E-state index contributed by atoms with van der Waals surface area (Å²) in [7, 11) is -13.8. The topological polar surface area (TPSA) is 144 Å². The van der Waals surface area contributed by atoms with Crippen molar-refractivity contribution in [1.29, 1.82) is 0 Å². The van der Waals surface area contributed by atoms with E-state index in [9.17, 15) is 29.8 Å². The van der Waals surface area contributed by atoms with Crippen LogP contribution in [0.15, 0.2) is 181 Å². The summed E-state index contributed by atoms with van der Waals surface area (Å²) in [5.74, 6) is -0.962. The summed E-state index contributed by atoms with van der Waals surface area (Å²) in [6.45, 7) is 24.0. The van der Waals surface area contributed by atoms with E-state index < -0.39 is 46.7 Å². The van der Waals surface area contributed by atoms with Gasteiger partial charge in [-0.25, -0.2) is 8.42 Å². The van der Waals surface area contributed by atoms with Crippen LogP contribution in [0.2, 0.25) is 0 Å². The molecule has 0 saturated heterocycles. The molecular formula is C54H58O9S4. The van der Waals surface area contributed by atoms with Gasteiger partial charge in [0, 0.05) is 0 Å². The fourth-order valence-corrected chi connectivity index (χ4v) is 11.4. The third-order valence-electron chi connectivity index (χ3n) is 11.0. The van der Waals surface area contributed by atoms with E-state index in [1.165, 1.54) is 67.8 Å². The molecule has 0 bridgehead atoms.